The molecule has 3 heterocycles. The molecule has 0 bridgehead atoms. The molecule has 0 spiro atoms. The molecule has 0 amide bonds. The van der Waals surface area contributed by atoms with E-state index < -0.39 is 0 Å². The molecule has 5 heteroatoms. The molecular weight excluding hydrogens is 282 g/mol. The van der Waals surface area contributed by atoms with Crippen LogP contribution in [-0.4, -0.2) is 16.5 Å². The van der Waals surface area contributed by atoms with Gasteiger partial charge >= 0.3 is 0 Å². The van der Waals surface area contributed by atoms with Gasteiger partial charge in [-0.15, -0.1) is 0 Å². The van der Waals surface area contributed by atoms with Crippen LogP contribution in [0.5, 0.6) is 0 Å². The van der Waals surface area contributed by atoms with Crippen molar-refractivity contribution in [1.82, 2.24) is 9.97 Å². The summed E-state index contributed by atoms with van der Waals surface area (Å²) in [5, 5.41) is 1.37. The van der Waals surface area contributed by atoms with E-state index in [1.807, 2.05) is 0 Å². The topological polar surface area (TPSA) is 46.1 Å². The second-order valence-corrected chi connectivity index (χ2v) is 6.05. The lowest BCUT2D eigenvalue weighted by atomic mass is 10.0. The Morgan fingerprint density at radius 1 is 1.10 bits per heavy atom. The van der Waals surface area contributed by atoms with Gasteiger partial charge in [-0.25, -0.2) is 4.98 Å². The molecule has 21 heavy (non-hydrogen) atoms. The van der Waals surface area contributed by atoms with Gasteiger partial charge in [0, 0.05) is 19.3 Å². The maximum Gasteiger partial charge on any atom is 0.282 e. The summed E-state index contributed by atoms with van der Waals surface area (Å²) in [7, 11) is 0. The SMILES string of the molecule is O=c1nc(N2CCc3ccccc3C2)sc2ncccc12. The highest BCUT2D eigenvalue weighted by Gasteiger charge is 2.18. The molecule has 1 aliphatic rings. The number of anilines is 1. The molecule has 0 saturated heterocycles. The van der Waals surface area contributed by atoms with Gasteiger partial charge in [0.25, 0.3) is 5.56 Å². The molecule has 0 radical (unpaired) electrons. The molecule has 4 nitrogen and oxygen atoms in total. The van der Waals surface area contributed by atoms with E-state index in [1.54, 1.807) is 18.3 Å². The first-order valence-corrected chi connectivity index (χ1v) is 7.70. The highest BCUT2D eigenvalue weighted by atomic mass is 32.1. The third-order valence-corrected chi connectivity index (χ3v) is 4.84. The summed E-state index contributed by atoms with van der Waals surface area (Å²) in [6.07, 6.45) is 2.70. The zero-order valence-electron chi connectivity index (χ0n) is 11.3. The fourth-order valence-corrected chi connectivity index (χ4v) is 3.65. The number of benzene rings is 1. The molecule has 2 aromatic heterocycles. The first-order valence-electron chi connectivity index (χ1n) is 6.89. The van der Waals surface area contributed by atoms with E-state index in [4.69, 9.17) is 0 Å². The van der Waals surface area contributed by atoms with Crippen LogP contribution in [0, 0.1) is 0 Å². The van der Waals surface area contributed by atoms with Gasteiger partial charge in [0.05, 0.1) is 5.39 Å². The monoisotopic (exact) mass is 295 g/mol. The smallest absolute Gasteiger partial charge is 0.282 e. The van der Waals surface area contributed by atoms with Crippen LogP contribution in [-0.2, 0) is 13.0 Å². The third kappa shape index (κ3) is 2.19. The molecular formula is C16H13N3OS. The van der Waals surface area contributed by atoms with Gasteiger partial charge in [0.15, 0.2) is 5.13 Å². The molecule has 0 N–H and O–H groups in total. The van der Waals surface area contributed by atoms with Crippen LogP contribution in [0.3, 0.4) is 0 Å². The van der Waals surface area contributed by atoms with E-state index in [1.165, 1.54) is 22.5 Å². The molecule has 1 aromatic carbocycles. The van der Waals surface area contributed by atoms with Crippen molar-refractivity contribution in [2.75, 3.05) is 11.4 Å². The van der Waals surface area contributed by atoms with Crippen LogP contribution in [0.1, 0.15) is 11.1 Å². The van der Waals surface area contributed by atoms with E-state index in [2.05, 4.69) is 39.1 Å². The first kappa shape index (κ1) is 12.5. The summed E-state index contributed by atoms with van der Waals surface area (Å²) >= 11 is 1.49. The highest BCUT2D eigenvalue weighted by molar-refractivity contribution is 7.21. The number of hydrogen-bond acceptors (Lipinski definition) is 5. The van der Waals surface area contributed by atoms with Gasteiger partial charge in [0.2, 0.25) is 0 Å². The van der Waals surface area contributed by atoms with Gasteiger partial charge in [-0.2, -0.15) is 4.98 Å². The van der Waals surface area contributed by atoms with Gasteiger partial charge in [-0.05, 0) is 29.7 Å². The summed E-state index contributed by atoms with van der Waals surface area (Å²) in [5.74, 6) is 0. The van der Waals surface area contributed by atoms with Crippen LogP contribution in [0.15, 0.2) is 47.4 Å². The molecule has 104 valence electrons. The van der Waals surface area contributed by atoms with Crippen LogP contribution in [0.2, 0.25) is 0 Å². The van der Waals surface area contributed by atoms with Gasteiger partial charge in [-0.1, -0.05) is 35.6 Å². The summed E-state index contributed by atoms with van der Waals surface area (Å²) in [6, 6.07) is 12.0. The van der Waals surface area contributed by atoms with Gasteiger partial charge in [0.1, 0.15) is 4.83 Å². The Kier molecular flexibility index (Phi) is 2.93. The van der Waals surface area contributed by atoms with E-state index >= 15 is 0 Å². The zero-order valence-corrected chi connectivity index (χ0v) is 12.1. The third-order valence-electron chi connectivity index (χ3n) is 3.79. The Hall–Kier alpha value is -2.27. The lowest BCUT2D eigenvalue weighted by Gasteiger charge is -2.28. The zero-order chi connectivity index (χ0) is 14.2. The molecule has 0 atom stereocenters. The lowest BCUT2D eigenvalue weighted by Crippen LogP contribution is -2.31. The van der Waals surface area contributed by atoms with Crippen LogP contribution >= 0.6 is 11.3 Å². The van der Waals surface area contributed by atoms with Gasteiger partial charge in [-0.3, -0.25) is 4.79 Å². The second-order valence-electron chi connectivity index (χ2n) is 5.10. The van der Waals surface area contributed by atoms with E-state index in [0.717, 1.165) is 29.5 Å². The minimum atomic E-state index is -0.189. The minimum Gasteiger partial charge on any atom is -0.343 e. The van der Waals surface area contributed by atoms with Crippen molar-refractivity contribution >= 4 is 26.7 Å². The summed E-state index contributed by atoms with van der Waals surface area (Å²) in [4.78, 5) is 23.6. The number of fused-ring (bicyclic) bond motifs is 2. The van der Waals surface area contributed by atoms with Crippen molar-refractivity contribution in [3.8, 4) is 0 Å². The van der Waals surface area contributed by atoms with E-state index in [-0.39, 0.29) is 5.56 Å². The molecule has 4 rings (SSSR count). The Morgan fingerprint density at radius 2 is 1.95 bits per heavy atom. The van der Waals surface area contributed by atoms with Crippen molar-refractivity contribution in [3.63, 3.8) is 0 Å². The van der Waals surface area contributed by atoms with Crippen molar-refractivity contribution in [1.29, 1.82) is 0 Å². The van der Waals surface area contributed by atoms with Crippen molar-refractivity contribution in [2.24, 2.45) is 0 Å². The van der Waals surface area contributed by atoms with Crippen molar-refractivity contribution in [3.05, 3.63) is 64.1 Å². The highest BCUT2D eigenvalue weighted by Crippen LogP contribution is 2.27. The van der Waals surface area contributed by atoms with Crippen LogP contribution < -0.4 is 10.5 Å². The maximum absolute atomic E-state index is 12.1. The summed E-state index contributed by atoms with van der Waals surface area (Å²) < 4.78 is 0. The quantitative estimate of drug-likeness (QED) is 0.692. The molecule has 3 aromatic rings. The second kappa shape index (κ2) is 4.93. The number of pyridine rings is 1. The van der Waals surface area contributed by atoms with Crippen LogP contribution in [0.25, 0.3) is 10.2 Å². The summed E-state index contributed by atoms with van der Waals surface area (Å²) in [5.41, 5.74) is 2.51. The average Bonchev–Trinajstić information content (AvgIpc) is 2.54. The number of nitrogens with zero attached hydrogens (tertiary/aromatic N) is 3. The van der Waals surface area contributed by atoms with E-state index in [9.17, 15) is 4.79 Å². The maximum atomic E-state index is 12.1. The molecule has 0 unspecified atom stereocenters. The van der Waals surface area contributed by atoms with Crippen molar-refractivity contribution < 1.29 is 0 Å². The molecule has 0 saturated carbocycles. The normalized spacial score (nSPS) is 14.2. The number of hydrogen-bond donors (Lipinski definition) is 0. The number of rotatable bonds is 1. The Labute approximate surface area is 125 Å². The summed E-state index contributed by atoms with van der Waals surface area (Å²) in [6.45, 7) is 1.69. The van der Waals surface area contributed by atoms with Crippen molar-refractivity contribution in [2.45, 2.75) is 13.0 Å². The lowest BCUT2D eigenvalue weighted by molar-refractivity contribution is 0.727. The van der Waals surface area contributed by atoms with Crippen LogP contribution in [0.4, 0.5) is 5.13 Å². The Bertz CT molecular complexity index is 875. The fourth-order valence-electron chi connectivity index (χ4n) is 2.69. The standard InChI is InChI=1S/C16H13N3OS/c20-14-13-6-3-8-17-15(13)21-16(18-14)19-9-7-11-4-1-2-5-12(11)10-19/h1-6,8H,7,9-10H2. The Balaban J connectivity index is 1.76. The number of aromatic nitrogens is 2. The Morgan fingerprint density at radius 3 is 2.86 bits per heavy atom. The molecule has 0 aliphatic carbocycles. The fraction of sp³-hybridized carbons (Fsp3) is 0.188. The molecule has 1 aliphatic heterocycles. The van der Waals surface area contributed by atoms with Gasteiger partial charge < -0.3 is 4.90 Å². The largest absolute Gasteiger partial charge is 0.343 e. The average molecular weight is 295 g/mol. The predicted octanol–water partition coefficient (Wildman–Crippen LogP) is 2.61. The predicted molar refractivity (Wildman–Crippen MR) is 84.9 cm³/mol. The first-order chi connectivity index (χ1) is 10.3. The molecule has 0 fully saturated rings. The van der Waals surface area contributed by atoms with E-state index in [0.29, 0.717) is 5.39 Å². The minimum absolute atomic E-state index is 0.189.